The van der Waals surface area contributed by atoms with Crippen molar-refractivity contribution in [2.24, 2.45) is 0 Å². The molecular weight excluding hydrogens is 496 g/mol. The summed E-state index contributed by atoms with van der Waals surface area (Å²) in [6.45, 7) is 0. The zero-order valence-electron chi connectivity index (χ0n) is 20.9. The van der Waals surface area contributed by atoms with Crippen molar-refractivity contribution in [2.45, 2.75) is 0 Å². The minimum atomic E-state index is 0.548. The van der Waals surface area contributed by atoms with E-state index in [9.17, 15) is 0 Å². The van der Waals surface area contributed by atoms with E-state index in [4.69, 9.17) is 9.40 Å². The molecule has 2 aromatic heterocycles. The summed E-state index contributed by atoms with van der Waals surface area (Å²) < 4.78 is 9.11. The molecule has 0 aliphatic carbocycles. The molecule has 0 amide bonds. The highest BCUT2D eigenvalue weighted by atomic mass is 32.1. The number of thiophene rings is 1. The molecule has 8 aromatic rings. The predicted molar refractivity (Wildman–Crippen MR) is 165 cm³/mol. The second kappa shape index (κ2) is 8.83. The van der Waals surface area contributed by atoms with Gasteiger partial charge in [-0.05, 0) is 52.9 Å². The maximum atomic E-state index is 6.59. The van der Waals surface area contributed by atoms with E-state index in [1.807, 2.05) is 35.6 Å². The van der Waals surface area contributed by atoms with Crippen LogP contribution in [0.1, 0.15) is 0 Å². The van der Waals surface area contributed by atoms with Crippen LogP contribution in [-0.2, 0) is 0 Å². The van der Waals surface area contributed by atoms with Gasteiger partial charge in [-0.2, -0.15) is 4.98 Å². The Bertz CT molecular complexity index is 2140. The maximum absolute atomic E-state index is 6.59. The number of oxazole rings is 1. The third-order valence-electron chi connectivity index (χ3n) is 7.29. The molecular formula is C35H22N2OS. The van der Waals surface area contributed by atoms with Crippen molar-refractivity contribution in [2.75, 3.05) is 4.90 Å². The lowest BCUT2D eigenvalue weighted by molar-refractivity contribution is 0.611. The predicted octanol–water partition coefficient (Wildman–Crippen LogP) is 10.5. The summed E-state index contributed by atoms with van der Waals surface area (Å²) in [4.78, 5) is 7.13. The van der Waals surface area contributed by atoms with Crippen LogP contribution in [0.4, 0.5) is 17.4 Å². The number of aromatic nitrogens is 1. The highest BCUT2D eigenvalue weighted by Crippen LogP contribution is 2.42. The quantitative estimate of drug-likeness (QED) is 0.232. The van der Waals surface area contributed by atoms with Crippen LogP contribution in [0.2, 0.25) is 0 Å². The molecule has 39 heavy (non-hydrogen) atoms. The average molecular weight is 519 g/mol. The Morgan fingerprint density at radius 1 is 0.538 bits per heavy atom. The molecule has 0 saturated heterocycles. The highest BCUT2D eigenvalue weighted by molar-refractivity contribution is 7.25. The van der Waals surface area contributed by atoms with E-state index in [1.165, 1.54) is 25.7 Å². The SMILES string of the molecule is c1ccc(-c2cccc(N(c3ccc4c(c3)sc3ccccc34)c3nc4ccc5ccccc5c4o3)c2)cc1. The van der Waals surface area contributed by atoms with Crippen LogP contribution in [-0.4, -0.2) is 4.98 Å². The molecule has 0 aliphatic rings. The van der Waals surface area contributed by atoms with Crippen molar-refractivity contribution in [3.63, 3.8) is 0 Å². The molecule has 6 aromatic carbocycles. The zero-order valence-corrected chi connectivity index (χ0v) is 21.7. The lowest BCUT2D eigenvalue weighted by Crippen LogP contribution is -2.10. The number of hydrogen-bond acceptors (Lipinski definition) is 4. The molecule has 0 spiro atoms. The maximum Gasteiger partial charge on any atom is 0.307 e. The minimum absolute atomic E-state index is 0.548. The van der Waals surface area contributed by atoms with Gasteiger partial charge in [-0.1, -0.05) is 97.1 Å². The van der Waals surface area contributed by atoms with Gasteiger partial charge in [0.15, 0.2) is 5.58 Å². The summed E-state index contributed by atoms with van der Waals surface area (Å²) in [7, 11) is 0. The second-order valence-electron chi connectivity index (χ2n) is 9.66. The number of fused-ring (bicyclic) bond motifs is 6. The molecule has 8 rings (SSSR count). The molecule has 3 nitrogen and oxygen atoms in total. The van der Waals surface area contributed by atoms with Gasteiger partial charge in [0.1, 0.15) is 5.52 Å². The first kappa shape index (κ1) is 22.1. The van der Waals surface area contributed by atoms with E-state index in [0.717, 1.165) is 38.8 Å². The van der Waals surface area contributed by atoms with E-state index in [1.54, 1.807) is 0 Å². The first-order valence-electron chi connectivity index (χ1n) is 13.0. The number of nitrogens with zero attached hydrogens (tertiary/aromatic N) is 2. The average Bonchev–Trinajstić information content (AvgIpc) is 3.59. The van der Waals surface area contributed by atoms with Crippen LogP contribution < -0.4 is 4.90 Å². The molecule has 4 heteroatoms. The molecule has 0 saturated carbocycles. The Kier molecular flexibility index (Phi) is 5.00. The van der Waals surface area contributed by atoms with E-state index in [0.29, 0.717) is 6.01 Å². The first-order valence-corrected chi connectivity index (χ1v) is 13.8. The summed E-state index contributed by atoms with van der Waals surface area (Å²) in [6, 6.07) is 47.2. The van der Waals surface area contributed by atoms with Crippen LogP contribution in [0.5, 0.6) is 0 Å². The lowest BCUT2D eigenvalue weighted by atomic mass is 10.0. The van der Waals surface area contributed by atoms with Gasteiger partial charge in [0.05, 0.1) is 11.4 Å². The fraction of sp³-hybridized carbons (Fsp3) is 0. The summed E-state index contributed by atoms with van der Waals surface area (Å²) in [5.41, 5.74) is 5.96. The van der Waals surface area contributed by atoms with Crippen LogP contribution >= 0.6 is 11.3 Å². The second-order valence-corrected chi connectivity index (χ2v) is 10.7. The van der Waals surface area contributed by atoms with Crippen LogP contribution in [0, 0.1) is 0 Å². The van der Waals surface area contributed by atoms with Crippen molar-refractivity contribution in [1.82, 2.24) is 4.98 Å². The molecule has 0 unspecified atom stereocenters. The van der Waals surface area contributed by atoms with Crippen molar-refractivity contribution in [3.05, 3.63) is 133 Å². The van der Waals surface area contributed by atoms with Gasteiger partial charge >= 0.3 is 6.01 Å². The minimum Gasteiger partial charge on any atom is -0.422 e. The molecule has 0 radical (unpaired) electrons. The summed E-state index contributed by atoms with van der Waals surface area (Å²) in [5, 5.41) is 4.75. The third kappa shape index (κ3) is 3.69. The standard InChI is InChI=1S/C35H22N2OS/c1-2-9-23(10-3-1)25-12-8-13-26(21-25)37(27-18-19-30-29-15-6-7-16-32(29)39-33(30)22-27)35-36-31-20-17-24-11-4-5-14-28(24)34(31)38-35/h1-22H. The third-order valence-corrected chi connectivity index (χ3v) is 8.43. The molecule has 0 atom stereocenters. The summed E-state index contributed by atoms with van der Waals surface area (Å²) in [6.07, 6.45) is 0. The van der Waals surface area contributed by atoms with Crippen LogP contribution in [0.15, 0.2) is 138 Å². The summed E-state index contributed by atoms with van der Waals surface area (Å²) >= 11 is 1.81. The Morgan fingerprint density at radius 3 is 2.21 bits per heavy atom. The van der Waals surface area contributed by atoms with Gasteiger partial charge in [0.2, 0.25) is 0 Å². The Hall–Kier alpha value is -4.93. The zero-order chi connectivity index (χ0) is 25.8. The van der Waals surface area contributed by atoms with E-state index < -0.39 is 0 Å². The smallest absolute Gasteiger partial charge is 0.307 e. The van der Waals surface area contributed by atoms with E-state index in [-0.39, 0.29) is 0 Å². The fourth-order valence-electron chi connectivity index (χ4n) is 5.42. The van der Waals surface area contributed by atoms with Crippen molar-refractivity contribution < 1.29 is 4.42 Å². The van der Waals surface area contributed by atoms with E-state index >= 15 is 0 Å². The molecule has 0 N–H and O–H groups in total. The number of anilines is 3. The van der Waals surface area contributed by atoms with Crippen molar-refractivity contribution in [1.29, 1.82) is 0 Å². The monoisotopic (exact) mass is 518 g/mol. The number of rotatable bonds is 4. The topological polar surface area (TPSA) is 29.3 Å². The Labute approximate surface area is 229 Å². The van der Waals surface area contributed by atoms with Gasteiger partial charge in [-0.25, -0.2) is 0 Å². The van der Waals surface area contributed by atoms with Gasteiger partial charge in [-0.3, -0.25) is 4.90 Å². The van der Waals surface area contributed by atoms with Crippen LogP contribution in [0.25, 0.3) is 53.2 Å². The molecule has 2 heterocycles. The van der Waals surface area contributed by atoms with Gasteiger partial charge < -0.3 is 4.42 Å². The Morgan fingerprint density at radius 2 is 1.28 bits per heavy atom. The molecule has 0 aliphatic heterocycles. The highest BCUT2D eigenvalue weighted by Gasteiger charge is 2.21. The molecule has 0 fully saturated rings. The van der Waals surface area contributed by atoms with Crippen LogP contribution in [0.3, 0.4) is 0 Å². The normalized spacial score (nSPS) is 11.6. The first-order chi connectivity index (χ1) is 19.3. The van der Waals surface area contributed by atoms with Gasteiger partial charge in [0.25, 0.3) is 0 Å². The summed E-state index contributed by atoms with van der Waals surface area (Å²) in [5.74, 6) is 0. The number of benzene rings is 6. The molecule has 184 valence electrons. The van der Waals surface area contributed by atoms with Gasteiger partial charge in [-0.15, -0.1) is 11.3 Å². The fourth-order valence-corrected chi connectivity index (χ4v) is 6.56. The van der Waals surface area contributed by atoms with E-state index in [2.05, 4.69) is 114 Å². The van der Waals surface area contributed by atoms with Crippen molar-refractivity contribution in [3.8, 4) is 11.1 Å². The largest absolute Gasteiger partial charge is 0.422 e. The lowest BCUT2D eigenvalue weighted by Gasteiger charge is -2.22. The van der Waals surface area contributed by atoms with Gasteiger partial charge in [0, 0.05) is 25.6 Å². The number of hydrogen-bond donors (Lipinski definition) is 0. The Balaban J connectivity index is 1.36. The molecule has 0 bridgehead atoms. The van der Waals surface area contributed by atoms with Crippen molar-refractivity contribution >= 4 is 70.8 Å².